The molecule has 0 aromatic heterocycles. The highest BCUT2D eigenvalue weighted by Gasteiger charge is 2.45. The Hall–Kier alpha value is -0.570. The lowest BCUT2D eigenvalue weighted by Crippen LogP contribution is -2.29. The first-order valence-corrected chi connectivity index (χ1v) is 7.63. The van der Waals surface area contributed by atoms with E-state index in [1.54, 1.807) is 0 Å². The molecule has 1 rings (SSSR count). The molecule has 1 fully saturated rings. The van der Waals surface area contributed by atoms with Crippen LogP contribution >= 0.6 is 0 Å². The lowest BCUT2D eigenvalue weighted by molar-refractivity contribution is -0.121. The van der Waals surface area contributed by atoms with Crippen LogP contribution in [0.5, 0.6) is 0 Å². The maximum Gasteiger partial charge on any atom is 0.220 e. The quantitative estimate of drug-likeness (QED) is 0.746. The number of nitrogens with one attached hydrogen (secondary N) is 1. The maximum absolute atomic E-state index is 11.9. The van der Waals surface area contributed by atoms with Crippen molar-refractivity contribution in [1.29, 1.82) is 0 Å². The highest BCUT2D eigenvalue weighted by molar-refractivity contribution is 5.75. The SMILES string of the molecule is CC(C)(C)C(CCN)CCC(=O)NCC1CC1(C)C. The van der Waals surface area contributed by atoms with E-state index in [4.69, 9.17) is 5.73 Å². The summed E-state index contributed by atoms with van der Waals surface area (Å²) in [5.41, 5.74) is 6.35. The van der Waals surface area contributed by atoms with Gasteiger partial charge in [-0.2, -0.15) is 0 Å². The Morgan fingerprint density at radius 2 is 1.95 bits per heavy atom. The van der Waals surface area contributed by atoms with Gasteiger partial charge in [0.15, 0.2) is 0 Å². The van der Waals surface area contributed by atoms with E-state index in [1.807, 2.05) is 0 Å². The van der Waals surface area contributed by atoms with E-state index < -0.39 is 0 Å². The Morgan fingerprint density at radius 3 is 2.37 bits per heavy atom. The number of nitrogens with two attached hydrogens (primary N) is 1. The summed E-state index contributed by atoms with van der Waals surface area (Å²) in [5.74, 6) is 1.41. The molecule has 1 saturated carbocycles. The van der Waals surface area contributed by atoms with Gasteiger partial charge in [0.25, 0.3) is 0 Å². The Balaban J connectivity index is 2.24. The Kier molecular flexibility index (Phi) is 5.43. The smallest absolute Gasteiger partial charge is 0.220 e. The molecular formula is C16H32N2O. The van der Waals surface area contributed by atoms with Crippen LogP contribution in [0.25, 0.3) is 0 Å². The van der Waals surface area contributed by atoms with E-state index in [-0.39, 0.29) is 11.3 Å². The van der Waals surface area contributed by atoms with E-state index in [0.717, 1.165) is 19.4 Å². The lowest BCUT2D eigenvalue weighted by atomic mass is 9.76. The van der Waals surface area contributed by atoms with Crippen LogP contribution in [0.1, 0.15) is 60.3 Å². The minimum Gasteiger partial charge on any atom is -0.356 e. The van der Waals surface area contributed by atoms with Crippen molar-refractivity contribution in [2.75, 3.05) is 13.1 Å². The van der Waals surface area contributed by atoms with Crippen LogP contribution in [0.3, 0.4) is 0 Å². The van der Waals surface area contributed by atoms with Crippen molar-refractivity contribution in [3.05, 3.63) is 0 Å². The first kappa shape index (κ1) is 16.5. The standard InChI is InChI=1S/C16H32N2O/c1-15(2,3)12(8-9-17)6-7-14(19)18-11-13-10-16(13,4)5/h12-13H,6-11,17H2,1-5H3,(H,18,19). The molecule has 2 unspecified atom stereocenters. The molecule has 0 spiro atoms. The normalized spacial score (nSPS) is 22.9. The molecule has 0 heterocycles. The number of amides is 1. The molecule has 1 aliphatic carbocycles. The Labute approximate surface area is 118 Å². The predicted molar refractivity (Wildman–Crippen MR) is 80.7 cm³/mol. The second kappa shape index (κ2) is 6.25. The molecule has 3 heteroatoms. The Morgan fingerprint density at radius 1 is 1.37 bits per heavy atom. The summed E-state index contributed by atoms with van der Waals surface area (Å²) in [6.07, 6.45) is 3.83. The fraction of sp³-hybridized carbons (Fsp3) is 0.938. The molecule has 112 valence electrons. The van der Waals surface area contributed by atoms with E-state index in [9.17, 15) is 4.79 Å². The molecular weight excluding hydrogens is 236 g/mol. The van der Waals surface area contributed by atoms with Gasteiger partial charge in [0.1, 0.15) is 0 Å². The third-order valence-corrected chi connectivity index (χ3v) is 4.72. The molecule has 2 atom stereocenters. The summed E-state index contributed by atoms with van der Waals surface area (Å²) in [4.78, 5) is 11.9. The molecule has 0 aromatic rings. The third kappa shape index (κ3) is 5.52. The van der Waals surface area contributed by atoms with E-state index in [1.165, 1.54) is 6.42 Å². The molecule has 0 saturated heterocycles. The van der Waals surface area contributed by atoms with Gasteiger partial charge in [-0.15, -0.1) is 0 Å². The zero-order valence-corrected chi connectivity index (χ0v) is 13.4. The predicted octanol–water partition coefficient (Wildman–Crippen LogP) is 2.94. The van der Waals surface area contributed by atoms with Crippen LogP contribution in [0.2, 0.25) is 0 Å². The van der Waals surface area contributed by atoms with Crippen LogP contribution in [0, 0.1) is 22.7 Å². The fourth-order valence-corrected chi connectivity index (χ4v) is 2.77. The zero-order valence-electron chi connectivity index (χ0n) is 13.4. The van der Waals surface area contributed by atoms with Crippen molar-refractivity contribution in [3.8, 4) is 0 Å². The minimum atomic E-state index is 0.203. The van der Waals surface area contributed by atoms with Crippen molar-refractivity contribution in [2.24, 2.45) is 28.4 Å². The molecule has 1 amide bonds. The summed E-state index contributed by atoms with van der Waals surface area (Å²) >= 11 is 0. The summed E-state index contributed by atoms with van der Waals surface area (Å²) in [5, 5.41) is 3.08. The van der Waals surface area contributed by atoms with Crippen molar-refractivity contribution >= 4 is 5.91 Å². The van der Waals surface area contributed by atoms with Crippen LogP contribution in [0.15, 0.2) is 0 Å². The maximum atomic E-state index is 11.9. The molecule has 0 bridgehead atoms. The van der Waals surface area contributed by atoms with Crippen LogP contribution in [-0.2, 0) is 4.79 Å². The van der Waals surface area contributed by atoms with Crippen LogP contribution in [-0.4, -0.2) is 19.0 Å². The molecule has 3 N–H and O–H groups in total. The number of rotatable bonds is 7. The van der Waals surface area contributed by atoms with Gasteiger partial charge in [0.05, 0.1) is 0 Å². The second-order valence-electron chi connectivity index (χ2n) is 7.87. The average Bonchev–Trinajstić information content (AvgIpc) is 2.88. The topological polar surface area (TPSA) is 55.1 Å². The first-order chi connectivity index (χ1) is 8.66. The molecule has 3 nitrogen and oxygen atoms in total. The fourth-order valence-electron chi connectivity index (χ4n) is 2.77. The molecule has 0 aliphatic heterocycles. The van der Waals surface area contributed by atoms with Gasteiger partial charge in [-0.05, 0) is 48.5 Å². The molecule has 0 aromatic carbocycles. The van der Waals surface area contributed by atoms with Gasteiger partial charge in [0.2, 0.25) is 5.91 Å². The number of carbonyl (C=O) groups excluding carboxylic acids is 1. The lowest BCUT2D eigenvalue weighted by Gasteiger charge is -2.30. The largest absolute Gasteiger partial charge is 0.356 e. The van der Waals surface area contributed by atoms with E-state index >= 15 is 0 Å². The van der Waals surface area contributed by atoms with Crippen molar-refractivity contribution < 1.29 is 4.79 Å². The van der Waals surface area contributed by atoms with Gasteiger partial charge in [-0.3, -0.25) is 4.79 Å². The van der Waals surface area contributed by atoms with Gasteiger partial charge >= 0.3 is 0 Å². The average molecular weight is 268 g/mol. The van der Waals surface area contributed by atoms with Gasteiger partial charge < -0.3 is 11.1 Å². The Bertz CT molecular complexity index is 304. The van der Waals surface area contributed by atoms with Gasteiger partial charge in [-0.25, -0.2) is 0 Å². The highest BCUT2D eigenvalue weighted by Crippen LogP contribution is 2.50. The van der Waals surface area contributed by atoms with E-state index in [0.29, 0.717) is 30.2 Å². The van der Waals surface area contributed by atoms with Crippen LogP contribution < -0.4 is 11.1 Å². The van der Waals surface area contributed by atoms with Crippen molar-refractivity contribution in [1.82, 2.24) is 5.32 Å². The van der Waals surface area contributed by atoms with Crippen LogP contribution in [0.4, 0.5) is 0 Å². The van der Waals surface area contributed by atoms with Gasteiger partial charge in [-0.1, -0.05) is 34.6 Å². The summed E-state index contributed by atoms with van der Waals surface area (Å²) in [6, 6.07) is 0. The summed E-state index contributed by atoms with van der Waals surface area (Å²) in [6.45, 7) is 12.8. The van der Waals surface area contributed by atoms with E-state index in [2.05, 4.69) is 39.9 Å². The second-order valence-corrected chi connectivity index (χ2v) is 7.87. The third-order valence-electron chi connectivity index (χ3n) is 4.72. The summed E-state index contributed by atoms with van der Waals surface area (Å²) < 4.78 is 0. The minimum absolute atomic E-state index is 0.203. The highest BCUT2D eigenvalue weighted by atomic mass is 16.1. The zero-order chi connectivity index (χ0) is 14.7. The molecule has 0 radical (unpaired) electrons. The van der Waals surface area contributed by atoms with Gasteiger partial charge in [0, 0.05) is 13.0 Å². The number of carbonyl (C=O) groups is 1. The monoisotopic (exact) mass is 268 g/mol. The summed E-state index contributed by atoms with van der Waals surface area (Å²) in [7, 11) is 0. The first-order valence-electron chi connectivity index (χ1n) is 7.63. The molecule has 19 heavy (non-hydrogen) atoms. The van der Waals surface area contributed by atoms with Crippen molar-refractivity contribution in [3.63, 3.8) is 0 Å². The molecule has 1 aliphatic rings. The van der Waals surface area contributed by atoms with Crippen molar-refractivity contribution in [2.45, 2.75) is 60.3 Å². The number of hydrogen-bond acceptors (Lipinski definition) is 2. The number of hydrogen-bond donors (Lipinski definition) is 2.